The van der Waals surface area contributed by atoms with Crippen LogP contribution < -0.4 is 5.32 Å². The summed E-state index contributed by atoms with van der Waals surface area (Å²) in [7, 11) is 0. The van der Waals surface area contributed by atoms with Crippen LogP contribution in [0.15, 0.2) is 36.0 Å². The van der Waals surface area contributed by atoms with E-state index in [0.29, 0.717) is 5.92 Å². The fourth-order valence-corrected chi connectivity index (χ4v) is 3.13. The fraction of sp³-hybridized carbons (Fsp3) is 0.412. The number of para-hydroxylation sites is 1. The van der Waals surface area contributed by atoms with E-state index in [1.54, 1.807) is 6.20 Å². The molecule has 21 heavy (non-hydrogen) atoms. The van der Waals surface area contributed by atoms with Crippen molar-refractivity contribution in [1.82, 2.24) is 10.2 Å². The van der Waals surface area contributed by atoms with Gasteiger partial charge in [0.05, 0.1) is 23.3 Å². The minimum Gasteiger partial charge on any atom is -0.324 e. The van der Waals surface area contributed by atoms with Crippen molar-refractivity contribution in [3.8, 4) is 0 Å². The number of nitrogens with one attached hydrogen (secondary N) is 2. The maximum atomic E-state index is 12.6. The van der Waals surface area contributed by atoms with Crippen LogP contribution in [0.1, 0.15) is 27.7 Å². The van der Waals surface area contributed by atoms with Gasteiger partial charge in [0.1, 0.15) is 0 Å². The number of amides is 1. The zero-order valence-electron chi connectivity index (χ0n) is 12.9. The molecule has 0 bridgehead atoms. The molecule has 1 heterocycles. The first-order valence-corrected chi connectivity index (χ1v) is 7.29. The second-order valence-electron chi connectivity index (χ2n) is 6.70. The predicted molar refractivity (Wildman–Crippen MR) is 84.9 cm³/mol. The number of rotatable bonds is 3. The highest BCUT2D eigenvalue weighted by molar-refractivity contribution is 6.02. The molecular formula is C17H21N3O. The molecule has 1 amide bonds. The second kappa shape index (κ2) is 4.72. The molecule has 3 rings (SSSR count). The fourth-order valence-electron chi connectivity index (χ4n) is 3.13. The number of anilines is 1. The number of aromatic nitrogens is 2. The molecule has 1 aliphatic rings. The van der Waals surface area contributed by atoms with Gasteiger partial charge >= 0.3 is 0 Å². The minimum absolute atomic E-state index is 0.0310. The third kappa shape index (κ3) is 2.35. The van der Waals surface area contributed by atoms with Crippen molar-refractivity contribution in [2.75, 3.05) is 5.32 Å². The van der Waals surface area contributed by atoms with Gasteiger partial charge in [0, 0.05) is 5.39 Å². The van der Waals surface area contributed by atoms with E-state index in [2.05, 4.69) is 49.3 Å². The monoisotopic (exact) mass is 283 g/mol. The lowest BCUT2D eigenvalue weighted by Gasteiger charge is -2.07. The van der Waals surface area contributed by atoms with Crippen LogP contribution in [0.2, 0.25) is 0 Å². The Morgan fingerprint density at radius 2 is 2.14 bits per heavy atom. The Hall–Kier alpha value is -2.10. The van der Waals surface area contributed by atoms with Gasteiger partial charge in [0.25, 0.3) is 0 Å². The van der Waals surface area contributed by atoms with Crippen LogP contribution in [0, 0.1) is 17.3 Å². The quantitative estimate of drug-likeness (QED) is 0.843. The largest absolute Gasteiger partial charge is 0.324 e. The Bertz CT molecular complexity index is 722. The highest BCUT2D eigenvalue weighted by atomic mass is 16.2. The number of benzene rings is 1. The van der Waals surface area contributed by atoms with Gasteiger partial charge in [-0.1, -0.05) is 37.6 Å². The summed E-state index contributed by atoms with van der Waals surface area (Å²) in [6.45, 7) is 8.46. The summed E-state index contributed by atoms with van der Waals surface area (Å²) < 4.78 is 0. The van der Waals surface area contributed by atoms with Gasteiger partial charge in [-0.25, -0.2) is 0 Å². The lowest BCUT2D eigenvalue weighted by Crippen LogP contribution is -2.17. The van der Waals surface area contributed by atoms with Gasteiger partial charge in [-0.3, -0.25) is 9.89 Å². The number of carbonyl (C=O) groups excluding carboxylic acids is 1. The first-order chi connectivity index (χ1) is 9.91. The Kier molecular flexibility index (Phi) is 3.12. The van der Waals surface area contributed by atoms with Crippen molar-refractivity contribution >= 4 is 22.5 Å². The zero-order chi connectivity index (χ0) is 15.2. The number of nitrogens with zero attached hydrogens (tertiary/aromatic N) is 1. The molecule has 4 nitrogen and oxygen atoms in total. The molecular weight excluding hydrogens is 262 g/mol. The van der Waals surface area contributed by atoms with E-state index in [9.17, 15) is 4.79 Å². The van der Waals surface area contributed by atoms with E-state index in [-0.39, 0.29) is 17.2 Å². The standard InChI is InChI=1S/C17H21N3O/c1-10(2)8-12-14(17(12,3)4)16(21)19-13-7-5-6-11-9-18-20-15(11)13/h5-9,12,14H,1-4H3,(H,18,20)(H,19,21). The molecule has 2 aromatic rings. The van der Waals surface area contributed by atoms with E-state index < -0.39 is 0 Å². The smallest absolute Gasteiger partial charge is 0.228 e. The first kappa shape index (κ1) is 13.9. The number of H-pyrrole nitrogens is 1. The summed E-state index contributed by atoms with van der Waals surface area (Å²) in [6.07, 6.45) is 3.97. The average molecular weight is 283 g/mol. The predicted octanol–water partition coefficient (Wildman–Crippen LogP) is 3.74. The molecule has 0 spiro atoms. The molecule has 1 fully saturated rings. The summed E-state index contributed by atoms with van der Waals surface area (Å²) >= 11 is 0. The molecule has 2 atom stereocenters. The van der Waals surface area contributed by atoms with Crippen LogP contribution >= 0.6 is 0 Å². The number of hydrogen-bond acceptors (Lipinski definition) is 2. The zero-order valence-corrected chi connectivity index (χ0v) is 12.9. The third-order valence-corrected chi connectivity index (χ3v) is 4.44. The molecule has 1 aliphatic carbocycles. The summed E-state index contributed by atoms with van der Waals surface area (Å²) in [5.74, 6) is 0.443. The van der Waals surface area contributed by atoms with E-state index in [1.165, 1.54) is 5.57 Å². The lowest BCUT2D eigenvalue weighted by molar-refractivity contribution is -0.118. The van der Waals surface area contributed by atoms with Crippen molar-refractivity contribution in [3.05, 3.63) is 36.0 Å². The average Bonchev–Trinajstić information content (AvgIpc) is 2.77. The van der Waals surface area contributed by atoms with E-state index in [4.69, 9.17) is 0 Å². The highest BCUT2D eigenvalue weighted by Crippen LogP contribution is 2.59. The van der Waals surface area contributed by atoms with Crippen LogP contribution in [-0.4, -0.2) is 16.1 Å². The molecule has 1 aromatic carbocycles. The molecule has 2 N–H and O–H groups in total. The number of carbonyl (C=O) groups is 1. The van der Waals surface area contributed by atoms with Crippen molar-refractivity contribution in [2.24, 2.45) is 17.3 Å². The van der Waals surface area contributed by atoms with E-state index >= 15 is 0 Å². The van der Waals surface area contributed by atoms with Crippen LogP contribution in [0.5, 0.6) is 0 Å². The van der Waals surface area contributed by atoms with Gasteiger partial charge in [-0.15, -0.1) is 0 Å². The maximum absolute atomic E-state index is 12.6. The third-order valence-electron chi connectivity index (χ3n) is 4.44. The van der Waals surface area contributed by atoms with Gasteiger partial charge in [-0.2, -0.15) is 5.10 Å². The van der Waals surface area contributed by atoms with Crippen molar-refractivity contribution < 1.29 is 4.79 Å². The molecule has 0 aliphatic heterocycles. The van der Waals surface area contributed by atoms with Crippen LogP contribution in [-0.2, 0) is 4.79 Å². The first-order valence-electron chi connectivity index (χ1n) is 7.29. The summed E-state index contributed by atoms with van der Waals surface area (Å²) in [4.78, 5) is 12.6. The number of fused-ring (bicyclic) bond motifs is 1. The molecule has 1 aromatic heterocycles. The van der Waals surface area contributed by atoms with Gasteiger partial charge < -0.3 is 5.32 Å². The molecule has 1 saturated carbocycles. The SMILES string of the molecule is CC(C)=CC1C(C(=O)Nc2cccc3cn[nH]c23)C1(C)C. The van der Waals surface area contributed by atoms with Gasteiger partial charge in [0.15, 0.2) is 0 Å². The van der Waals surface area contributed by atoms with Crippen molar-refractivity contribution in [1.29, 1.82) is 0 Å². The number of hydrogen-bond donors (Lipinski definition) is 2. The Labute approximate surface area is 124 Å². The number of aromatic amines is 1. The summed E-state index contributed by atoms with van der Waals surface area (Å²) in [5, 5.41) is 11.0. The highest BCUT2D eigenvalue weighted by Gasteiger charge is 2.60. The normalized spacial score (nSPS) is 22.9. The molecule has 2 unspecified atom stereocenters. The molecule has 0 saturated heterocycles. The molecule has 0 radical (unpaired) electrons. The van der Waals surface area contributed by atoms with Crippen LogP contribution in [0.4, 0.5) is 5.69 Å². The second-order valence-corrected chi connectivity index (χ2v) is 6.70. The summed E-state index contributed by atoms with van der Waals surface area (Å²) in [5.41, 5.74) is 2.97. The van der Waals surface area contributed by atoms with Crippen LogP contribution in [0.3, 0.4) is 0 Å². The number of allylic oxidation sites excluding steroid dienone is 2. The molecule has 4 heteroatoms. The van der Waals surface area contributed by atoms with E-state index in [1.807, 2.05) is 18.2 Å². The topological polar surface area (TPSA) is 57.8 Å². The Morgan fingerprint density at radius 1 is 1.38 bits per heavy atom. The summed E-state index contributed by atoms with van der Waals surface area (Å²) in [6, 6.07) is 5.81. The Morgan fingerprint density at radius 3 is 2.86 bits per heavy atom. The van der Waals surface area contributed by atoms with Crippen molar-refractivity contribution in [2.45, 2.75) is 27.7 Å². The maximum Gasteiger partial charge on any atom is 0.228 e. The lowest BCUT2D eigenvalue weighted by atomic mass is 10.1. The van der Waals surface area contributed by atoms with Gasteiger partial charge in [-0.05, 0) is 31.2 Å². The molecule has 110 valence electrons. The minimum atomic E-state index is 0.0310. The Balaban J connectivity index is 1.82. The van der Waals surface area contributed by atoms with Gasteiger partial charge in [0.2, 0.25) is 5.91 Å². The van der Waals surface area contributed by atoms with E-state index in [0.717, 1.165) is 16.6 Å². The van der Waals surface area contributed by atoms with Crippen molar-refractivity contribution in [3.63, 3.8) is 0 Å². The van der Waals surface area contributed by atoms with Crippen LogP contribution in [0.25, 0.3) is 10.9 Å².